The number of carbonyl (C=O) groups is 1. The highest BCUT2D eigenvalue weighted by atomic mass is 35.5. The minimum atomic E-state index is -0.123. The van der Waals surface area contributed by atoms with Crippen molar-refractivity contribution < 1.29 is 14.3 Å². The molecule has 0 saturated heterocycles. The van der Waals surface area contributed by atoms with Gasteiger partial charge in [-0.2, -0.15) is 0 Å². The Morgan fingerprint density at radius 3 is 2.74 bits per heavy atom. The Hall–Kier alpha value is -1.42. The number of benzene rings is 1. The fourth-order valence-corrected chi connectivity index (χ4v) is 2.44. The van der Waals surface area contributed by atoms with Crippen LogP contribution < -0.4 is 9.47 Å². The van der Waals surface area contributed by atoms with Crippen molar-refractivity contribution in [1.82, 2.24) is 4.90 Å². The Bertz CT molecular complexity index is 476. The van der Waals surface area contributed by atoms with E-state index in [1.54, 1.807) is 0 Å². The van der Waals surface area contributed by atoms with Crippen LogP contribution in [0.5, 0.6) is 11.5 Å². The summed E-state index contributed by atoms with van der Waals surface area (Å²) in [6.07, 6.45) is 2.00. The number of halogens is 1. The number of para-hydroxylation sites is 2. The Balaban J connectivity index is 1.66. The molecule has 2 aliphatic rings. The van der Waals surface area contributed by atoms with Crippen molar-refractivity contribution in [3.05, 3.63) is 24.3 Å². The number of ether oxygens (including phenoxy) is 2. The standard InChI is InChI=1S/C14H16ClNO3/c15-7-14(17)16(10-5-6-10)8-11-9-18-12-3-1-2-4-13(12)19-11/h1-4,10-11H,5-9H2. The average molecular weight is 282 g/mol. The molecule has 0 bridgehead atoms. The first-order chi connectivity index (χ1) is 9.28. The van der Waals surface area contributed by atoms with Crippen LogP contribution in [0.1, 0.15) is 12.8 Å². The molecule has 1 amide bonds. The highest BCUT2D eigenvalue weighted by Gasteiger charge is 2.35. The van der Waals surface area contributed by atoms with Gasteiger partial charge in [0.05, 0.1) is 6.54 Å². The van der Waals surface area contributed by atoms with Gasteiger partial charge in [0.1, 0.15) is 12.5 Å². The zero-order chi connectivity index (χ0) is 13.2. The SMILES string of the molecule is O=C(CCl)N(CC1COc2ccccc2O1)C1CC1. The largest absolute Gasteiger partial charge is 0.486 e. The zero-order valence-electron chi connectivity index (χ0n) is 10.5. The molecular weight excluding hydrogens is 266 g/mol. The highest BCUT2D eigenvalue weighted by Crippen LogP contribution is 2.32. The highest BCUT2D eigenvalue weighted by molar-refractivity contribution is 6.27. The van der Waals surface area contributed by atoms with E-state index in [1.165, 1.54) is 0 Å². The van der Waals surface area contributed by atoms with Crippen LogP contribution in [-0.4, -0.2) is 42.0 Å². The predicted octanol–water partition coefficient (Wildman–Crippen LogP) is 2.06. The van der Waals surface area contributed by atoms with E-state index in [1.807, 2.05) is 29.2 Å². The summed E-state index contributed by atoms with van der Waals surface area (Å²) in [5.74, 6) is 1.51. The lowest BCUT2D eigenvalue weighted by atomic mass is 10.2. The molecule has 0 N–H and O–H groups in total. The molecule has 0 radical (unpaired) electrons. The summed E-state index contributed by atoms with van der Waals surface area (Å²) in [4.78, 5) is 13.6. The maximum absolute atomic E-state index is 11.8. The fraction of sp³-hybridized carbons (Fsp3) is 0.500. The van der Waals surface area contributed by atoms with Gasteiger partial charge in [0.15, 0.2) is 17.6 Å². The van der Waals surface area contributed by atoms with Crippen LogP contribution in [-0.2, 0) is 4.79 Å². The lowest BCUT2D eigenvalue weighted by molar-refractivity contribution is -0.130. The van der Waals surface area contributed by atoms with E-state index in [2.05, 4.69) is 0 Å². The topological polar surface area (TPSA) is 38.8 Å². The number of amides is 1. The van der Waals surface area contributed by atoms with Gasteiger partial charge in [0.25, 0.3) is 0 Å². The van der Waals surface area contributed by atoms with E-state index < -0.39 is 0 Å². The second-order valence-electron chi connectivity index (χ2n) is 4.91. The summed E-state index contributed by atoms with van der Waals surface area (Å²) < 4.78 is 11.5. The van der Waals surface area contributed by atoms with Gasteiger partial charge in [-0.15, -0.1) is 11.6 Å². The van der Waals surface area contributed by atoms with Crippen LogP contribution in [0.3, 0.4) is 0 Å². The van der Waals surface area contributed by atoms with Crippen LogP contribution in [0.4, 0.5) is 0 Å². The van der Waals surface area contributed by atoms with Crippen molar-refractivity contribution in [2.45, 2.75) is 25.0 Å². The number of hydrogen-bond donors (Lipinski definition) is 0. The quantitative estimate of drug-likeness (QED) is 0.793. The van der Waals surface area contributed by atoms with Crippen molar-refractivity contribution in [2.24, 2.45) is 0 Å². The summed E-state index contributed by atoms with van der Waals surface area (Å²) in [5.41, 5.74) is 0. The van der Waals surface area contributed by atoms with Crippen LogP contribution in [0.25, 0.3) is 0 Å². The molecule has 5 heteroatoms. The molecule has 19 heavy (non-hydrogen) atoms. The van der Waals surface area contributed by atoms with E-state index >= 15 is 0 Å². The normalized spacial score (nSPS) is 21.0. The molecular formula is C14H16ClNO3. The van der Waals surface area contributed by atoms with E-state index in [-0.39, 0.29) is 17.9 Å². The third-order valence-corrected chi connectivity index (χ3v) is 3.62. The number of nitrogens with zero attached hydrogens (tertiary/aromatic N) is 1. The number of alkyl halides is 1. The van der Waals surface area contributed by atoms with Crippen molar-refractivity contribution >= 4 is 17.5 Å². The van der Waals surface area contributed by atoms with E-state index in [9.17, 15) is 4.79 Å². The van der Waals surface area contributed by atoms with E-state index in [4.69, 9.17) is 21.1 Å². The van der Waals surface area contributed by atoms with Crippen LogP contribution in [0, 0.1) is 0 Å². The minimum absolute atomic E-state index is 0.0216. The number of fused-ring (bicyclic) bond motifs is 1. The summed E-state index contributed by atoms with van der Waals surface area (Å²) in [6, 6.07) is 7.93. The zero-order valence-corrected chi connectivity index (χ0v) is 11.3. The number of hydrogen-bond acceptors (Lipinski definition) is 3. The molecule has 4 nitrogen and oxygen atoms in total. The van der Waals surface area contributed by atoms with E-state index in [0.29, 0.717) is 19.2 Å². The van der Waals surface area contributed by atoms with Gasteiger partial charge in [0, 0.05) is 6.04 Å². The first-order valence-electron chi connectivity index (χ1n) is 6.52. The summed E-state index contributed by atoms with van der Waals surface area (Å²) in [7, 11) is 0. The Kier molecular flexibility index (Phi) is 3.51. The molecule has 1 aliphatic carbocycles. The minimum Gasteiger partial charge on any atom is -0.486 e. The maximum atomic E-state index is 11.8. The average Bonchev–Trinajstić information content (AvgIpc) is 3.28. The van der Waals surface area contributed by atoms with Gasteiger partial charge in [-0.25, -0.2) is 0 Å². The van der Waals surface area contributed by atoms with Gasteiger partial charge in [-0.3, -0.25) is 4.79 Å². The molecule has 0 spiro atoms. The molecule has 1 atom stereocenters. The molecule has 3 rings (SSSR count). The smallest absolute Gasteiger partial charge is 0.237 e. The second-order valence-corrected chi connectivity index (χ2v) is 5.18. The molecule has 1 aliphatic heterocycles. The Labute approximate surface area is 117 Å². The molecule has 1 aromatic rings. The van der Waals surface area contributed by atoms with E-state index in [0.717, 1.165) is 24.3 Å². The molecule has 1 unspecified atom stereocenters. The number of carbonyl (C=O) groups excluding carboxylic acids is 1. The lowest BCUT2D eigenvalue weighted by Gasteiger charge is -2.31. The second kappa shape index (κ2) is 5.29. The van der Waals surface area contributed by atoms with Gasteiger partial charge in [-0.1, -0.05) is 12.1 Å². The molecule has 0 aromatic heterocycles. The first-order valence-corrected chi connectivity index (χ1v) is 7.05. The molecule has 1 heterocycles. The molecule has 102 valence electrons. The van der Waals surface area contributed by atoms with Crippen LogP contribution in [0.15, 0.2) is 24.3 Å². The van der Waals surface area contributed by atoms with Gasteiger partial charge < -0.3 is 14.4 Å². The van der Waals surface area contributed by atoms with Gasteiger partial charge in [-0.05, 0) is 25.0 Å². The van der Waals surface area contributed by atoms with Crippen LogP contribution >= 0.6 is 11.6 Å². The third kappa shape index (κ3) is 2.78. The van der Waals surface area contributed by atoms with Gasteiger partial charge in [0.2, 0.25) is 5.91 Å². The first kappa shape index (κ1) is 12.6. The van der Waals surface area contributed by atoms with Crippen LogP contribution in [0.2, 0.25) is 0 Å². The Morgan fingerprint density at radius 1 is 1.32 bits per heavy atom. The molecule has 1 fully saturated rings. The summed E-state index contributed by atoms with van der Waals surface area (Å²) >= 11 is 5.65. The third-order valence-electron chi connectivity index (χ3n) is 3.39. The lowest BCUT2D eigenvalue weighted by Crippen LogP contribution is -2.45. The molecule has 1 aromatic carbocycles. The van der Waals surface area contributed by atoms with Crippen molar-refractivity contribution in [3.8, 4) is 11.5 Å². The summed E-state index contributed by atoms with van der Waals surface area (Å²) in [5, 5.41) is 0. The van der Waals surface area contributed by atoms with Crippen molar-refractivity contribution in [2.75, 3.05) is 19.0 Å². The fourth-order valence-electron chi connectivity index (χ4n) is 2.29. The van der Waals surface area contributed by atoms with Crippen molar-refractivity contribution in [3.63, 3.8) is 0 Å². The van der Waals surface area contributed by atoms with Gasteiger partial charge >= 0.3 is 0 Å². The maximum Gasteiger partial charge on any atom is 0.237 e. The molecule has 1 saturated carbocycles. The predicted molar refractivity (Wildman–Crippen MR) is 71.8 cm³/mol. The number of rotatable bonds is 4. The summed E-state index contributed by atoms with van der Waals surface area (Å²) in [6.45, 7) is 1.01. The Morgan fingerprint density at radius 2 is 2.05 bits per heavy atom. The van der Waals surface area contributed by atoms with Crippen molar-refractivity contribution in [1.29, 1.82) is 0 Å². The monoisotopic (exact) mass is 281 g/mol.